The van der Waals surface area contributed by atoms with Gasteiger partial charge in [-0.25, -0.2) is 0 Å². The Balaban J connectivity index is 1.91. The molecule has 194 valence electrons. The molecule has 10 heteroatoms. The van der Waals surface area contributed by atoms with Crippen molar-refractivity contribution in [1.82, 2.24) is 9.80 Å². The van der Waals surface area contributed by atoms with Crippen molar-refractivity contribution in [2.24, 2.45) is 17.6 Å². The van der Waals surface area contributed by atoms with Crippen LogP contribution in [0, 0.1) is 11.8 Å². The van der Waals surface area contributed by atoms with Gasteiger partial charge < -0.3 is 26.2 Å². The van der Waals surface area contributed by atoms with E-state index in [2.05, 4.69) is 4.90 Å². The van der Waals surface area contributed by atoms with Crippen LogP contribution in [0.25, 0.3) is 0 Å². The summed E-state index contributed by atoms with van der Waals surface area (Å²) in [5.41, 5.74) is 3.35. The number of aliphatic hydroxyl groups excluding tert-OH is 2. The highest BCUT2D eigenvalue weighted by Gasteiger charge is 2.63. The van der Waals surface area contributed by atoms with Crippen LogP contribution in [-0.2, 0) is 22.6 Å². The molecule has 0 aliphatic heterocycles. The lowest BCUT2D eigenvalue weighted by molar-refractivity contribution is -0.148. The van der Waals surface area contributed by atoms with Gasteiger partial charge in [0.2, 0.25) is 5.78 Å². The maximum Gasteiger partial charge on any atom is 0.255 e. The topological polar surface area (TPSA) is 165 Å². The first-order valence-corrected chi connectivity index (χ1v) is 12.1. The maximum atomic E-state index is 13.7. The predicted octanol–water partition coefficient (Wildman–Crippen LogP) is 0.962. The normalized spacial score (nSPS) is 27.9. The van der Waals surface area contributed by atoms with Crippen molar-refractivity contribution in [2.75, 3.05) is 27.2 Å². The molecule has 0 aromatic heterocycles. The number of hydrogen-bond donors (Lipinski definition) is 5. The van der Waals surface area contributed by atoms with Crippen molar-refractivity contribution >= 4 is 17.5 Å². The molecule has 3 aliphatic carbocycles. The van der Waals surface area contributed by atoms with E-state index < -0.39 is 58.0 Å². The minimum Gasteiger partial charge on any atom is -0.510 e. The molecule has 0 unspecified atom stereocenters. The first-order chi connectivity index (χ1) is 16.9. The first-order valence-electron chi connectivity index (χ1n) is 12.1. The van der Waals surface area contributed by atoms with E-state index in [0.717, 1.165) is 18.7 Å². The number of benzene rings is 1. The second-order valence-electron chi connectivity index (χ2n) is 10.0. The fourth-order valence-corrected chi connectivity index (χ4v) is 6.15. The highest BCUT2D eigenvalue weighted by Crippen LogP contribution is 2.52. The van der Waals surface area contributed by atoms with Crippen molar-refractivity contribution in [3.63, 3.8) is 0 Å². The summed E-state index contributed by atoms with van der Waals surface area (Å²) in [6.45, 7) is 6.22. The number of phenols is 1. The van der Waals surface area contributed by atoms with E-state index in [1.807, 2.05) is 13.8 Å². The second kappa shape index (κ2) is 9.02. The number of phenolic OH excluding ortho intramolecular Hbond substituents is 1. The van der Waals surface area contributed by atoms with Crippen LogP contribution in [0.2, 0.25) is 0 Å². The molecule has 0 saturated heterocycles. The van der Waals surface area contributed by atoms with Crippen LogP contribution in [0.5, 0.6) is 5.75 Å². The Morgan fingerprint density at radius 2 is 1.78 bits per heavy atom. The fraction of sp³-hybridized carbons (Fsp3) is 0.500. The van der Waals surface area contributed by atoms with E-state index in [1.165, 1.54) is 11.0 Å². The molecule has 6 N–H and O–H groups in total. The van der Waals surface area contributed by atoms with Gasteiger partial charge in [-0.2, -0.15) is 0 Å². The lowest BCUT2D eigenvalue weighted by Crippen LogP contribution is -2.63. The summed E-state index contributed by atoms with van der Waals surface area (Å²) in [5, 5.41) is 44.4. The first kappa shape index (κ1) is 25.9. The zero-order valence-electron chi connectivity index (χ0n) is 20.9. The molecule has 1 aromatic carbocycles. The number of fused-ring (bicyclic) bond motifs is 3. The molecule has 4 atom stereocenters. The number of carbonyl (C=O) groups excluding carboxylic acids is 3. The number of amides is 1. The summed E-state index contributed by atoms with van der Waals surface area (Å²) in [6, 6.07) is 2.22. The number of rotatable bonds is 6. The number of nitrogens with zero attached hydrogens (tertiary/aromatic N) is 2. The van der Waals surface area contributed by atoms with E-state index >= 15 is 0 Å². The van der Waals surface area contributed by atoms with Crippen molar-refractivity contribution in [3.8, 4) is 5.75 Å². The molecule has 0 spiro atoms. The summed E-state index contributed by atoms with van der Waals surface area (Å²) in [7, 11) is 3.21. The smallest absolute Gasteiger partial charge is 0.255 e. The summed E-state index contributed by atoms with van der Waals surface area (Å²) in [6.07, 6.45) is 0.367. The number of carbonyl (C=O) groups is 3. The van der Waals surface area contributed by atoms with Crippen LogP contribution >= 0.6 is 0 Å². The van der Waals surface area contributed by atoms with Gasteiger partial charge in [-0.05, 0) is 63.1 Å². The van der Waals surface area contributed by atoms with Crippen LogP contribution < -0.4 is 5.73 Å². The van der Waals surface area contributed by atoms with Gasteiger partial charge in [-0.1, -0.05) is 19.9 Å². The van der Waals surface area contributed by atoms with Crippen LogP contribution in [0.1, 0.15) is 41.8 Å². The largest absolute Gasteiger partial charge is 0.510 e. The van der Waals surface area contributed by atoms with Crippen molar-refractivity contribution in [3.05, 3.63) is 51.5 Å². The molecule has 1 amide bonds. The number of aliphatic hydroxyl groups is 3. The Morgan fingerprint density at radius 3 is 2.33 bits per heavy atom. The van der Waals surface area contributed by atoms with E-state index in [4.69, 9.17) is 5.73 Å². The average molecular weight is 500 g/mol. The minimum absolute atomic E-state index is 0.0421. The Hall–Kier alpha value is -3.21. The third kappa shape index (κ3) is 3.55. The van der Waals surface area contributed by atoms with Crippen LogP contribution in [0.15, 0.2) is 34.8 Å². The van der Waals surface area contributed by atoms with Gasteiger partial charge >= 0.3 is 0 Å². The number of primary amides is 1. The number of likely N-dealkylation sites (N-methyl/N-ethyl adjacent to an activating group) is 1. The van der Waals surface area contributed by atoms with Crippen molar-refractivity contribution < 1.29 is 34.8 Å². The van der Waals surface area contributed by atoms with Gasteiger partial charge in [-0.15, -0.1) is 0 Å². The van der Waals surface area contributed by atoms with Gasteiger partial charge in [0.1, 0.15) is 22.8 Å². The lowest BCUT2D eigenvalue weighted by atomic mass is 9.58. The number of nitrogens with two attached hydrogens (primary N) is 1. The molecule has 36 heavy (non-hydrogen) atoms. The molecule has 0 saturated carbocycles. The monoisotopic (exact) mass is 499 g/mol. The zero-order valence-corrected chi connectivity index (χ0v) is 20.9. The summed E-state index contributed by atoms with van der Waals surface area (Å²) in [4.78, 5) is 42.8. The lowest BCUT2D eigenvalue weighted by Gasteiger charge is -2.50. The van der Waals surface area contributed by atoms with Gasteiger partial charge in [-0.3, -0.25) is 24.2 Å². The summed E-state index contributed by atoms with van der Waals surface area (Å²) < 4.78 is 0. The maximum absolute atomic E-state index is 13.7. The number of aromatic hydroxyl groups is 1. The molecule has 0 fully saturated rings. The second-order valence-corrected chi connectivity index (χ2v) is 10.0. The molecule has 0 heterocycles. The van der Waals surface area contributed by atoms with Gasteiger partial charge in [0.15, 0.2) is 11.4 Å². The Kier molecular flexibility index (Phi) is 6.48. The Bertz CT molecular complexity index is 1210. The van der Waals surface area contributed by atoms with Crippen LogP contribution in [0.4, 0.5) is 0 Å². The standard InChI is InChI=1S/C26H33N3O7/c1-5-29(6-2)11-12-7-8-16(30)18-14(12)9-13-10-15-20(28(3)4)22(32)19(25(27)35)24(34)26(15,36)23(33)17(13)21(18)31/h7-8,13,15,20,30,32-33,36H,5-6,9-11H2,1-4H3,(H2,27,35)/t13-,15-,20-,26-/m1/s1. The third-order valence-corrected chi connectivity index (χ3v) is 7.99. The summed E-state index contributed by atoms with van der Waals surface area (Å²) in [5.74, 6) is -6.43. The molecule has 10 nitrogen and oxygen atoms in total. The van der Waals surface area contributed by atoms with E-state index in [9.17, 15) is 34.8 Å². The van der Waals surface area contributed by atoms with Crippen LogP contribution in [0.3, 0.4) is 0 Å². The van der Waals surface area contributed by atoms with E-state index in [1.54, 1.807) is 20.2 Å². The average Bonchev–Trinajstić information content (AvgIpc) is 2.80. The molecule has 0 radical (unpaired) electrons. The highest BCUT2D eigenvalue weighted by molar-refractivity contribution is 6.24. The molecule has 3 aliphatic rings. The molecular formula is C26H33N3O7. The quantitative estimate of drug-likeness (QED) is 0.359. The number of allylic oxidation sites excluding steroid dienone is 1. The van der Waals surface area contributed by atoms with Gasteiger partial charge in [0, 0.05) is 18.0 Å². The molecule has 4 rings (SSSR count). The van der Waals surface area contributed by atoms with Crippen molar-refractivity contribution in [2.45, 2.75) is 44.9 Å². The molecule has 1 aromatic rings. The summed E-state index contributed by atoms with van der Waals surface area (Å²) >= 11 is 0. The predicted molar refractivity (Wildman–Crippen MR) is 130 cm³/mol. The third-order valence-electron chi connectivity index (χ3n) is 7.99. The van der Waals surface area contributed by atoms with E-state index in [0.29, 0.717) is 18.5 Å². The SMILES string of the molecule is CCN(CC)Cc1ccc(O)c2c1C[C@@H]1C[C@@H]3[C@@H](N(C)C)C(O)=C(C(N)=O)C(=O)[C@]3(O)C(O)=C1C2=O. The molecule has 0 bridgehead atoms. The number of Topliss-reactive ketones (excluding diaryl/α,β-unsaturated/α-hetero) is 2. The fourth-order valence-electron chi connectivity index (χ4n) is 6.15. The Morgan fingerprint density at radius 1 is 1.14 bits per heavy atom. The van der Waals surface area contributed by atoms with Gasteiger partial charge in [0.25, 0.3) is 5.91 Å². The number of hydrogen-bond acceptors (Lipinski definition) is 9. The van der Waals surface area contributed by atoms with Crippen molar-refractivity contribution in [1.29, 1.82) is 0 Å². The van der Waals surface area contributed by atoms with Gasteiger partial charge in [0.05, 0.1) is 11.6 Å². The molecular weight excluding hydrogens is 466 g/mol. The zero-order chi connectivity index (χ0) is 26.7. The minimum atomic E-state index is -2.63. The number of ketones is 2. The highest BCUT2D eigenvalue weighted by atomic mass is 16.3. The Labute approximate surface area is 209 Å². The van der Waals surface area contributed by atoms with E-state index in [-0.39, 0.29) is 23.3 Å². The van der Waals surface area contributed by atoms with Crippen LogP contribution in [-0.4, -0.2) is 86.5 Å².